The zero-order valence-electron chi connectivity index (χ0n) is 13.0. The highest BCUT2D eigenvalue weighted by Gasteiger charge is 2.14. The van der Waals surface area contributed by atoms with Gasteiger partial charge >= 0.3 is 0 Å². The van der Waals surface area contributed by atoms with Crippen molar-refractivity contribution in [3.8, 4) is 0 Å². The fraction of sp³-hybridized carbons (Fsp3) is 0.714. The van der Waals surface area contributed by atoms with E-state index in [1.807, 2.05) is 0 Å². The van der Waals surface area contributed by atoms with Gasteiger partial charge in [0.25, 0.3) is 0 Å². The minimum absolute atomic E-state index is 0.188. The van der Waals surface area contributed by atoms with Gasteiger partial charge in [-0.2, -0.15) is 5.10 Å². The molecule has 0 saturated carbocycles. The molecule has 0 amide bonds. The summed E-state index contributed by atoms with van der Waals surface area (Å²) in [5, 5.41) is 15.9. The summed E-state index contributed by atoms with van der Waals surface area (Å²) in [6.07, 6.45) is 2.22. The summed E-state index contributed by atoms with van der Waals surface area (Å²) in [7, 11) is 0. The van der Waals surface area contributed by atoms with Crippen LogP contribution in [0, 0.1) is 11.3 Å². The average Bonchev–Trinajstić information content (AvgIpc) is 2.42. The zero-order valence-corrected chi connectivity index (χ0v) is 13.0. The first-order valence-corrected chi connectivity index (χ1v) is 7.28. The van der Waals surface area contributed by atoms with Gasteiger partial charge in [0.15, 0.2) is 0 Å². The molecule has 0 fully saturated rings. The van der Waals surface area contributed by atoms with Gasteiger partial charge < -0.3 is 10.6 Å². The zero-order chi connectivity index (χ0) is 15.1. The molecule has 0 spiro atoms. The Hall–Kier alpha value is -1.72. The van der Waals surface area contributed by atoms with Gasteiger partial charge in [-0.1, -0.05) is 27.7 Å². The van der Waals surface area contributed by atoms with Crippen molar-refractivity contribution < 1.29 is 0 Å². The Labute approximate surface area is 121 Å². The lowest BCUT2D eigenvalue weighted by Crippen LogP contribution is -2.33. The maximum absolute atomic E-state index is 7.37. The molecule has 0 aliphatic heterocycles. The molecule has 6 nitrogen and oxygen atoms in total. The molecule has 0 aliphatic rings. The van der Waals surface area contributed by atoms with Crippen LogP contribution in [0.15, 0.2) is 0 Å². The molecule has 1 aromatic rings. The molecule has 6 heteroatoms. The van der Waals surface area contributed by atoms with E-state index < -0.39 is 0 Å². The molecule has 0 radical (unpaired) electrons. The quantitative estimate of drug-likeness (QED) is 0.558. The molecule has 0 aromatic carbocycles. The second-order valence-corrected chi connectivity index (χ2v) is 5.33. The second kappa shape index (κ2) is 7.77. The van der Waals surface area contributed by atoms with Crippen LogP contribution in [0.2, 0.25) is 0 Å². The molecule has 0 saturated heterocycles. The Bertz CT molecular complexity index is 443. The second-order valence-electron chi connectivity index (χ2n) is 5.33. The molecule has 0 atom stereocenters. The van der Waals surface area contributed by atoms with Crippen molar-refractivity contribution in [3.63, 3.8) is 0 Å². The van der Waals surface area contributed by atoms with Crippen LogP contribution in [-0.2, 0) is 12.8 Å². The van der Waals surface area contributed by atoms with Crippen molar-refractivity contribution in [1.82, 2.24) is 15.2 Å². The molecule has 0 unspecified atom stereocenters. The molecule has 0 bridgehead atoms. The molecule has 1 aromatic heterocycles. The smallest absolute Gasteiger partial charge is 0.245 e. The minimum atomic E-state index is 0.188. The number of aryl methyl sites for hydroxylation is 2. The molecule has 0 aliphatic carbocycles. The van der Waals surface area contributed by atoms with Crippen LogP contribution in [0.25, 0.3) is 0 Å². The summed E-state index contributed by atoms with van der Waals surface area (Å²) in [5.41, 5.74) is 7.43. The van der Waals surface area contributed by atoms with Crippen LogP contribution in [0.5, 0.6) is 0 Å². The first-order chi connectivity index (χ1) is 9.47. The van der Waals surface area contributed by atoms with E-state index in [0.717, 1.165) is 30.8 Å². The average molecular weight is 278 g/mol. The third-order valence-electron chi connectivity index (χ3n) is 3.02. The number of rotatable bonds is 8. The monoisotopic (exact) mass is 278 g/mol. The fourth-order valence-corrected chi connectivity index (χ4v) is 2.03. The number of nitrogens with two attached hydrogens (primary N) is 1. The number of amidine groups is 1. The fourth-order valence-electron chi connectivity index (χ4n) is 2.03. The largest absolute Gasteiger partial charge is 0.388 e. The van der Waals surface area contributed by atoms with Crippen molar-refractivity contribution in [1.29, 1.82) is 5.41 Å². The normalized spacial score (nSPS) is 10.8. The maximum atomic E-state index is 7.37. The van der Waals surface area contributed by atoms with E-state index in [1.54, 1.807) is 0 Å². The summed E-state index contributed by atoms with van der Waals surface area (Å²) in [6, 6.07) is 0. The van der Waals surface area contributed by atoms with Crippen molar-refractivity contribution in [2.45, 2.75) is 47.0 Å². The summed E-state index contributed by atoms with van der Waals surface area (Å²) in [5.74, 6) is 1.32. The van der Waals surface area contributed by atoms with Gasteiger partial charge in [-0.3, -0.25) is 5.41 Å². The SMILES string of the molecule is CCc1nnc(N(CCC(=N)N)CC(C)C)nc1CC. The first-order valence-electron chi connectivity index (χ1n) is 7.28. The van der Waals surface area contributed by atoms with E-state index in [4.69, 9.17) is 11.1 Å². The van der Waals surface area contributed by atoms with Gasteiger partial charge in [0.1, 0.15) is 0 Å². The molecule has 1 heterocycles. The Kier molecular flexibility index (Phi) is 6.35. The Morgan fingerprint density at radius 1 is 1.20 bits per heavy atom. The molecule has 1 rings (SSSR count). The van der Waals surface area contributed by atoms with Crippen LogP contribution < -0.4 is 10.6 Å². The van der Waals surface area contributed by atoms with Gasteiger partial charge in [0, 0.05) is 19.5 Å². The Balaban J connectivity index is 2.96. The van der Waals surface area contributed by atoms with E-state index >= 15 is 0 Å². The lowest BCUT2D eigenvalue weighted by Gasteiger charge is -2.24. The third kappa shape index (κ3) is 4.75. The number of nitrogens with one attached hydrogen (secondary N) is 1. The molecular formula is C14H26N6. The highest BCUT2D eigenvalue weighted by atomic mass is 15.3. The molecule has 3 N–H and O–H groups in total. The van der Waals surface area contributed by atoms with E-state index in [1.165, 1.54) is 0 Å². The van der Waals surface area contributed by atoms with E-state index in [-0.39, 0.29) is 5.84 Å². The van der Waals surface area contributed by atoms with E-state index in [9.17, 15) is 0 Å². The van der Waals surface area contributed by atoms with Crippen molar-refractivity contribution in [2.24, 2.45) is 11.7 Å². The maximum Gasteiger partial charge on any atom is 0.245 e. The van der Waals surface area contributed by atoms with Crippen LogP contribution in [0.1, 0.15) is 45.5 Å². The molecule has 112 valence electrons. The van der Waals surface area contributed by atoms with Crippen molar-refractivity contribution in [2.75, 3.05) is 18.0 Å². The van der Waals surface area contributed by atoms with E-state index in [0.29, 0.717) is 24.8 Å². The number of nitrogens with zero attached hydrogens (tertiary/aromatic N) is 4. The Morgan fingerprint density at radius 3 is 2.35 bits per heavy atom. The standard InChI is InChI=1S/C14H26N6/c1-5-11-12(6-2)18-19-14(17-11)20(9-10(3)4)8-7-13(15)16/h10H,5-9H2,1-4H3,(H3,15,16). The highest BCUT2D eigenvalue weighted by Crippen LogP contribution is 2.13. The summed E-state index contributed by atoms with van der Waals surface area (Å²) in [6.45, 7) is 9.93. The number of aromatic nitrogens is 3. The van der Waals surface area contributed by atoms with E-state index in [2.05, 4.69) is 47.8 Å². The third-order valence-corrected chi connectivity index (χ3v) is 3.02. The molecule has 20 heavy (non-hydrogen) atoms. The lowest BCUT2D eigenvalue weighted by molar-refractivity contribution is 0.596. The summed E-state index contributed by atoms with van der Waals surface area (Å²) < 4.78 is 0. The predicted octanol–water partition coefficient (Wildman–Crippen LogP) is 1.78. The minimum Gasteiger partial charge on any atom is -0.388 e. The van der Waals surface area contributed by atoms with Gasteiger partial charge in [-0.15, -0.1) is 5.10 Å². The topological polar surface area (TPSA) is 91.8 Å². The number of hydrogen-bond donors (Lipinski definition) is 2. The summed E-state index contributed by atoms with van der Waals surface area (Å²) in [4.78, 5) is 6.70. The highest BCUT2D eigenvalue weighted by molar-refractivity contribution is 5.77. The van der Waals surface area contributed by atoms with Crippen molar-refractivity contribution >= 4 is 11.8 Å². The lowest BCUT2D eigenvalue weighted by atomic mass is 10.2. The van der Waals surface area contributed by atoms with Crippen LogP contribution in [0.3, 0.4) is 0 Å². The van der Waals surface area contributed by atoms with Crippen molar-refractivity contribution in [3.05, 3.63) is 11.4 Å². The summed E-state index contributed by atoms with van der Waals surface area (Å²) >= 11 is 0. The van der Waals surface area contributed by atoms with Gasteiger partial charge in [-0.05, 0) is 18.8 Å². The number of hydrogen-bond acceptors (Lipinski definition) is 5. The van der Waals surface area contributed by atoms with Gasteiger partial charge in [0.2, 0.25) is 5.95 Å². The number of anilines is 1. The predicted molar refractivity (Wildman–Crippen MR) is 82.2 cm³/mol. The Morgan fingerprint density at radius 2 is 1.85 bits per heavy atom. The molecular weight excluding hydrogens is 252 g/mol. The van der Waals surface area contributed by atoms with Crippen LogP contribution in [0.4, 0.5) is 5.95 Å². The van der Waals surface area contributed by atoms with Crippen LogP contribution in [-0.4, -0.2) is 34.1 Å². The van der Waals surface area contributed by atoms with Gasteiger partial charge in [-0.25, -0.2) is 4.98 Å². The van der Waals surface area contributed by atoms with Crippen LogP contribution >= 0.6 is 0 Å². The first kappa shape index (κ1) is 16.3. The van der Waals surface area contributed by atoms with Gasteiger partial charge in [0.05, 0.1) is 17.2 Å².